The Morgan fingerprint density at radius 3 is 2.78 bits per heavy atom. The van der Waals surface area contributed by atoms with Gasteiger partial charge < -0.3 is 4.74 Å². The van der Waals surface area contributed by atoms with Crippen molar-refractivity contribution >= 4 is 5.65 Å². The normalized spacial score (nSPS) is 15.9. The summed E-state index contributed by atoms with van der Waals surface area (Å²) in [6.45, 7) is 0. The smallest absolute Gasteiger partial charge is 0.232 e. The largest absolute Gasteiger partial charge is 0.473 e. The fourth-order valence-corrected chi connectivity index (χ4v) is 3.02. The van der Waals surface area contributed by atoms with Crippen LogP contribution < -0.4 is 4.74 Å². The van der Waals surface area contributed by atoms with Crippen LogP contribution in [0, 0.1) is 5.82 Å². The van der Waals surface area contributed by atoms with E-state index >= 15 is 0 Å². The van der Waals surface area contributed by atoms with Gasteiger partial charge in [0.25, 0.3) is 0 Å². The number of pyridine rings is 1. The van der Waals surface area contributed by atoms with Gasteiger partial charge in [0.1, 0.15) is 11.9 Å². The van der Waals surface area contributed by atoms with Gasteiger partial charge in [0.05, 0.1) is 18.1 Å². The molecule has 0 unspecified atom stereocenters. The molecule has 0 aliphatic heterocycles. The van der Waals surface area contributed by atoms with E-state index in [4.69, 9.17) is 4.74 Å². The fraction of sp³-hybridized carbons (Fsp3) is 0.353. The second-order valence-corrected chi connectivity index (χ2v) is 5.85. The Hall–Kier alpha value is -2.50. The Bertz CT molecular complexity index is 826. The molecule has 0 aromatic carbocycles. The lowest BCUT2D eigenvalue weighted by Crippen LogP contribution is -2.20. The van der Waals surface area contributed by atoms with Crippen LogP contribution in [-0.4, -0.2) is 25.7 Å². The van der Waals surface area contributed by atoms with Crippen LogP contribution in [0.15, 0.2) is 36.8 Å². The molecule has 0 N–H and O–H groups in total. The Morgan fingerprint density at radius 1 is 1.09 bits per heavy atom. The molecule has 0 amide bonds. The second kappa shape index (κ2) is 5.95. The van der Waals surface area contributed by atoms with E-state index in [-0.39, 0.29) is 11.9 Å². The molecule has 0 radical (unpaired) electrons. The van der Waals surface area contributed by atoms with Crippen LogP contribution in [0.1, 0.15) is 32.1 Å². The maximum atomic E-state index is 13.4. The molecule has 1 saturated carbocycles. The number of hydrogen-bond acceptors (Lipinski definition) is 4. The van der Waals surface area contributed by atoms with E-state index in [9.17, 15) is 4.39 Å². The zero-order chi connectivity index (χ0) is 15.6. The molecule has 3 heterocycles. The monoisotopic (exact) mass is 312 g/mol. The molecule has 3 aromatic heterocycles. The molecule has 0 saturated heterocycles. The molecular formula is C17H17FN4O. The lowest BCUT2D eigenvalue weighted by atomic mass is 9.98. The molecule has 0 bridgehead atoms. The lowest BCUT2D eigenvalue weighted by molar-refractivity contribution is 0.147. The van der Waals surface area contributed by atoms with Gasteiger partial charge in [0.2, 0.25) is 5.88 Å². The highest BCUT2D eigenvalue weighted by Crippen LogP contribution is 2.24. The number of nitrogens with zero attached hydrogens (tertiary/aromatic N) is 4. The van der Waals surface area contributed by atoms with Crippen LogP contribution in [0.2, 0.25) is 0 Å². The highest BCUT2D eigenvalue weighted by Gasteiger charge is 2.16. The van der Waals surface area contributed by atoms with Crippen molar-refractivity contribution in [1.82, 2.24) is 19.6 Å². The van der Waals surface area contributed by atoms with E-state index < -0.39 is 0 Å². The van der Waals surface area contributed by atoms with E-state index in [1.54, 1.807) is 16.9 Å². The molecule has 5 nitrogen and oxygen atoms in total. The third kappa shape index (κ3) is 2.88. The summed E-state index contributed by atoms with van der Waals surface area (Å²) >= 11 is 0. The summed E-state index contributed by atoms with van der Waals surface area (Å²) in [5.74, 6) is 0.195. The first kappa shape index (κ1) is 14.1. The quantitative estimate of drug-likeness (QED) is 0.741. The van der Waals surface area contributed by atoms with E-state index in [1.165, 1.54) is 31.5 Å². The Kier molecular flexibility index (Phi) is 3.65. The minimum Gasteiger partial charge on any atom is -0.473 e. The van der Waals surface area contributed by atoms with Crippen LogP contribution in [-0.2, 0) is 0 Å². The molecule has 3 aromatic rings. The van der Waals surface area contributed by atoms with Crippen molar-refractivity contribution < 1.29 is 9.13 Å². The minimum atomic E-state index is -0.382. The Morgan fingerprint density at radius 2 is 1.96 bits per heavy atom. The first-order valence-corrected chi connectivity index (χ1v) is 7.92. The van der Waals surface area contributed by atoms with E-state index in [2.05, 4.69) is 15.1 Å². The summed E-state index contributed by atoms with van der Waals surface area (Å²) < 4.78 is 21.1. The number of imidazole rings is 1. The van der Waals surface area contributed by atoms with Gasteiger partial charge in [0.15, 0.2) is 5.65 Å². The van der Waals surface area contributed by atoms with Crippen LogP contribution in [0.5, 0.6) is 5.88 Å². The van der Waals surface area contributed by atoms with Crippen molar-refractivity contribution in [2.45, 2.75) is 38.2 Å². The van der Waals surface area contributed by atoms with Gasteiger partial charge >= 0.3 is 0 Å². The maximum Gasteiger partial charge on any atom is 0.232 e. The van der Waals surface area contributed by atoms with E-state index in [0.29, 0.717) is 22.8 Å². The third-order valence-electron chi connectivity index (χ3n) is 4.18. The zero-order valence-electron chi connectivity index (χ0n) is 12.7. The predicted octanol–water partition coefficient (Wildman–Crippen LogP) is 3.64. The summed E-state index contributed by atoms with van der Waals surface area (Å²) in [6.07, 6.45) is 10.5. The minimum absolute atomic E-state index is 0.233. The van der Waals surface area contributed by atoms with Gasteiger partial charge in [-0.1, -0.05) is 6.42 Å². The summed E-state index contributed by atoms with van der Waals surface area (Å²) in [4.78, 5) is 8.20. The van der Waals surface area contributed by atoms with Crippen molar-refractivity contribution in [2.24, 2.45) is 0 Å². The number of ether oxygens (including phenoxy) is 1. The van der Waals surface area contributed by atoms with Crippen molar-refractivity contribution in [3.8, 4) is 17.1 Å². The van der Waals surface area contributed by atoms with E-state index in [0.717, 1.165) is 12.8 Å². The predicted molar refractivity (Wildman–Crippen MR) is 83.7 cm³/mol. The molecule has 1 aliphatic carbocycles. The van der Waals surface area contributed by atoms with Gasteiger partial charge in [-0.05, 0) is 37.8 Å². The highest BCUT2D eigenvalue weighted by atomic mass is 19.1. The molecule has 1 fully saturated rings. The molecular weight excluding hydrogens is 295 g/mol. The zero-order valence-corrected chi connectivity index (χ0v) is 12.7. The van der Waals surface area contributed by atoms with Gasteiger partial charge in [-0.15, -0.1) is 5.10 Å². The number of rotatable bonds is 3. The van der Waals surface area contributed by atoms with Crippen molar-refractivity contribution in [1.29, 1.82) is 0 Å². The third-order valence-corrected chi connectivity index (χ3v) is 4.18. The number of hydrogen-bond donors (Lipinski definition) is 0. The molecule has 0 spiro atoms. The molecule has 4 rings (SSSR count). The Labute approximate surface area is 133 Å². The number of aromatic nitrogens is 4. The van der Waals surface area contributed by atoms with Crippen molar-refractivity contribution in [3.63, 3.8) is 0 Å². The van der Waals surface area contributed by atoms with Crippen molar-refractivity contribution in [3.05, 3.63) is 42.6 Å². The number of halogens is 1. The standard InChI is InChI=1S/C17H17FN4O/c18-13-8-12(9-19-10-13)15-11-20-16-6-7-17(21-22(15)16)23-14-4-2-1-3-5-14/h6-11,14H,1-5H2. The van der Waals surface area contributed by atoms with E-state index in [1.807, 2.05) is 12.1 Å². The Balaban J connectivity index is 1.68. The van der Waals surface area contributed by atoms with Gasteiger partial charge in [-0.2, -0.15) is 0 Å². The van der Waals surface area contributed by atoms with Gasteiger partial charge in [-0.3, -0.25) is 4.98 Å². The molecule has 1 aliphatic rings. The van der Waals surface area contributed by atoms with Gasteiger partial charge in [-0.25, -0.2) is 13.9 Å². The first-order chi connectivity index (χ1) is 11.3. The van der Waals surface area contributed by atoms with Crippen molar-refractivity contribution in [2.75, 3.05) is 0 Å². The molecule has 23 heavy (non-hydrogen) atoms. The average Bonchev–Trinajstić information content (AvgIpc) is 2.99. The molecule has 6 heteroatoms. The summed E-state index contributed by atoms with van der Waals surface area (Å²) in [5, 5.41) is 4.52. The lowest BCUT2D eigenvalue weighted by Gasteiger charge is -2.22. The topological polar surface area (TPSA) is 52.3 Å². The summed E-state index contributed by atoms with van der Waals surface area (Å²) in [7, 11) is 0. The van der Waals surface area contributed by atoms with Crippen LogP contribution in [0.4, 0.5) is 4.39 Å². The SMILES string of the molecule is Fc1cncc(-c2cnc3ccc(OC4CCCCC4)nn23)c1. The summed E-state index contributed by atoms with van der Waals surface area (Å²) in [5.41, 5.74) is 2.03. The van der Waals surface area contributed by atoms with Crippen LogP contribution in [0.3, 0.4) is 0 Å². The van der Waals surface area contributed by atoms with Crippen LogP contribution in [0.25, 0.3) is 16.9 Å². The van der Waals surface area contributed by atoms with Gasteiger partial charge in [0, 0.05) is 17.8 Å². The average molecular weight is 312 g/mol. The first-order valence-electron chi connectivity index (χ1n) is 7.92. The fourth-order valence-electron chi connectivity index (χ4n) is 3.02. The second-order valence-electron chi connectivity index (χ2n) is 5.85. The van der Waals surface area contributed by atoms with Crippen LogP contribution >= 0.6 is 0 Å². The molecule has 118 valence electrons. The number of fused-ring (bicyclic) bond motifs is 1. The summed E-state index contributed by atoms with van der Waals surface area (Å²) in [6, 6.07) is 5.12. The molecule has 0 atom stereocenters. The highest BCUT2D eigenvalue weighted by molar-refractivity contribution is 5.62. The maximum absolute atomic E-state index is 13.4.